The molecule has 3 nitrogen and oxygen atoms in total. The standard InChI is InChI=1S/C20H25NO2/c1-5-16-9-7-8-10-18(16)21-20(22)19(6-2)23-17-12-11-14(3)15(4)13-17/h7-13,19H,5-6H2,1-4H3,(H,21,22)/t19-/m1/s1. The molecule has 2 aromatic carbocycles. The van der Waals surface area contributed by atoms with Gasteiger partial charge >= 0.3 is 0 Å². The number of hydrogen-bond donors (Lipinski definition) is 1. The molecule has 3 heteroatoms. The minimum Gasteiger partial charge on any atom is -0.481 e. The van der Waals surface area contributed by atoms with E-state index in [1.807, 2.05) is 56.3 Å². The fourth-order valence-electron chi connectivity index (χ4n) is 2.44. The van der Waals surface area contributed by atoms with Gasteiger partial charge in [0.25, 0.3) is 5.91 Å². The molecule has 0 radical (unpaired) electrons. The molecule has 23 heavy (non-hydrogen) atoms. The third kappa shape index (κ3) is 4.35. The van der Waals surface area contributed by atoms with Gasteiger partial charge in [-0.15, -0.1) is 0 Å². The smallest absolute Gasteiger partial charge is 0.265 e. The predicted octanol–water partition coefficient (Wildman–Crippen LogP) is 4.66. The summed E-state index contributed by atoms with van der Waals surface area (Å²) in [5.74, 6) is 0.630. The number of anilines is 1. The molecule has 0 fully saturated rings. The molecule has 0 aromatic heterocycles. The molecule has 0 heterocycles. The Hall–Kier alpha value is -2.29. The topological polar surface area (TPSA) is 38.3 Å². The molecule has 0 aliphatic carbocycles. The van der Waals surface area contributed by atoms with Crippen molar-refractivity contribution in [1.29, 1.82) is 0 Å². The Labute approximate surface area is 138 Å². The van der Waals surface area contributed by atoms with Crippen molar-refractivity contribution >= 4 is 11.6 Å². The van der Waals surface area contributed by atoms with E-state index >= 15 is 0 Å². The van der Waals surface area contributed by atoms with Crippen LogP contribution >= 0.6 is 0 Å². The molecule has 0 spiro atoms. The first-order valence-electron chi connectivity index (χ1n) is 8.17. The van der Waals surface area contributed by atoms with Crippen LogP contribution < -0.4 is 10.1 Å². The van der Waals surface area contributed by atoms with E-state index < -0.39 is 6.10 Å². The number of ether oxygens (including phenoxy) is 1. The number of benzene rings is 2. The molecule has 2 rings (SSSR count). The summed E-state index contributed by atoms with van der Waals surface area (Å²) >= 11 is 0. The second kappa shape index (κ2) is 7.82. The van der Waals surface area contributed by atoms with Crippen LogP contribution in [0.5, 0.6) is 5.75 Å². The summed E-state index contributed by atoms with van der Waals surface area (Å²) in [5, 5.41) is 2.99. The summed E-state index contributed by atoms with van der Waals surface area (Å²) in [6, 6.07) is 13.8. The average Bonchev–Trinajstić information content (AvgIpc) is 2.56. The number of aryl methyl sites for hydroxylation is 3. The number of rotatable bonds is 6. The maximum absolute atomic E-state index is 12.5. The highest BCUT2D eigenvalue weighted by Gasteiger charge is 2.19. The van der Waals surface area contributed by atoms with Crippen LogP contribution in [0.15, 0.2) is 42.5 Å². The Bertz CT molecular complexity index is 679. The summed E-state index contributed by atoms with van der Waals surface area (Å²) in [6.07, 6.45) is 1.00. The van der Waals surface area contributed by atoms with Crippen molar-refractivity contribution in [2.45, 2.75) is 46.6 Å². The summed E-state index contributed by atoms with van der Waals surface area (Å²) in [5.41, 5.74) is 4.37. The van der Waals surface area contributed by atoms with Crippen LogP contribution in [-0.2, 0) is 11.2 Å². The lowest BCUT2D eigenvalue weighted by Crippen LogP contribution is -2.32. The number of carbonyl (C=O) groups is 1. The van der Waals surface area contributed by atoms with E-state index in [2.05, 4.69) is 19.2 Å². The van der Waals surface area contributed by atoms with Crippen LogP contribution in [0.25, 0.3) is 0 Å². The molecule has 0 saturated heterocycles. The summed E-state index contributed by atoms with van der Waals surface area (Å²) < 4.78 is 5.89. The van der Waals surface area contributed by atoms with E-state index in [9.17, 15) is 4.79 Å². The largest absolute Gasteiger partial charge is 0.481 e. The highest BCUT2D eigenvalue weighted by Crippen LogP contribution is 2.20. The minimum atomic E-state index is -0.498. The molecule has 1 amide bonds. The lowest BCUT2D eigenvalue weighted by Gasteiger charge is -2.19. The normalized spacial score (nSPS) is 11.8. The summed E-state index contributed by atoms with van der Waals surface area (Å²) in [7, 11) is 0. The minimum absolute atomic E-state index is 0.105. The van der Waals surface area contributed by atoms with Gasteiger partial charge in [0.05, 0.1) is 0 Å². The number of hydrogen-bond acceptors (Lipinski definition) is 2. The van der Waals surface area contributed by atoms with Crippen molar-refractivity contribution < 1.29 is 9.53 Å². The van der Waals surface area contributed by atoms with Crippen LogP contribution in [0, 0.1) is 13.8 Å². The second-order valence-electron chi connectivity index (χ2n) is 5.76. The molecule has 0 aliphatic heterocycles. The molecule has 1 N–H and O–H groups in total. The molecule has 0 aliphatic rings. The molecule has 122 valence electrons. The first kappa shape index (κ1) is 17.1. The Morgan fingerprint density at radius 1 is 1.09 bits per heavy atom. The van der Waals surface area contributed by atoms with Crippen molar-refractivity contribution in [2.24, 2.45) is 0 Å². The first-order chi connectivity index (χ1) is 11.0. The fraction of sp³-hybridized carbons (Fsp3) is 0.350. The van der Waals surface area contributed by atoms with Gasteiger partial charge in [-0.2, -0.15) is 0 Å². The van der Waals surface area contributed by atoms with Crippen molar-refractivity contribution in [3.63, 3.8) is 0 Å². The molecule has 1 atom stereocenters. The third-order valence-electron chi connectivity index (χ3n) is 4.08. The molecular formula is C20H25NO2. The predicted molar refractivity (Wildman–Crippen MR) is 95.1 cm³/mol. The maximum atomic E-state index is 12.5. The fourth-order valence-corrected chi connectivity index (χ4v) is 2.44. The summed E-state index contributed by atoms with van der Waals surface area (Å²) in [6.45, 7) is 8.14. The highest BCUT2D eigenvalue weighted by atomic mass is 16.5. The van der Waals surface area contributed by atoms with Crippen LogP contribution in [0.1, 0.15) is 37.0 Å². The number of amides is 1. The van der Waals surface area contributed by atoms with Crippen LogP contribution in [0.3, 0.4) is 0 Å². The third-order valence-corrected chi connectivity index (χ3v) is 4.08. The Morgan fingerprint density at radius 3 is 2.48 bits per heavy atom. The Kier molecular flexibility index (Phi) is 5.80. The van der Waals surface area contributed by atoms with Crippen LogP contribution in [0.4, 0.5) is 5.69 Å². The molecule has 0 bridgehead atoms. The van der Waals surface area contributed by atoms with Gasteiger partial charge in [-0.3, -0.25) is 4.79 Å². The van der Waals surface area contributed by atoms with E-state index in [1.165, 1.54) is 5.56 Å². The van der Waals surface area contributed by atoms with Gasteiger partial charge < -0.3 is 10.1 Å². The Balaban J connectivity index is 2.10. The van der Waals surface area contributed by atoms with Crippen molar-refractivity contribution in [3.05, 3.63) is 59.2 Å². The molecule has 0 unspecified atom stereocenters. The average molecular weight is 311 g/mol. The van der Waals surface area contributed by atoms with E-state index in [4.69, 9.17) is 4.74 Å². The van der Waals surface area contributed by atoms with E-state index in [1.54, 1.807) is 0 Å². The summed E-state index contributed by atoms with van der Waals surface area (Å²) in [4.78, 5) is 12.5. The van der Waals surface area contributed by atoms with Gasteiger partial charge in [0, 0.05) is 5.69 Å². The van der Waals surface area contributed by atoms with E-state index in [-0.39, 0.29) is 5.91 Å². The van der Waals surface area contributed by atoms with Gasteiger partial charge in [-0.05, 0) is 61.6 Å². The monoisotopic (exact) mass is 311 g/mol. The van der Waals surface area contributed by atoms with Crippen molar-refractivity contribution in [2.75, 3.05) is 5.32 Å². The van der Waals surface area contributed by atoms with Gasteiger partial charge in [0.2, 0.25) is 0 Å². The van der Waals surface area contributed by atoms with Crippen molar-refractivity contribution in [3.8, 4) is 5.75 Å². The van der Waals surface area contributed by atoms with Crippen LogP contribution in [-0.4, -0.2) is 12.0 Å². The van der Waals surface area contributed by atoms with Crippen LogP contribution in [0.2, 0.25) is 0 Å². The second-order valence-corrected chi connectivity index (χ2v) is 5.76. The van der Waals surface area contributed by atoms with E-state index in [0.717, 1.165) is 29.0 Å². The Morgan fingerprint density at radius 2 is 1.83 bits per heavy atom. The maximum Gasteiger partial charge on any atom is 0.265 e. The SMILES string of the molecule is CCc1ccccc1NC(=O)[C@@H](CC)Oc1ccc(C)c(C)c1. The van der Waals surface area contributed by atoms with Crippen molar-refractivity contribution in [1.82, 2.24) is 0 Å². The van der Waals surface area contributed by atoms with E-state index in [0.29, 0.717) is 6.42 Å². The van der Waals surface area contributed by atoms with Gasteiger partial charge in [-0.25, -0.2) is 0 Å². The lowest BCUT2D eigenvalue weighted by atomic mass is 10.1. The number of para-hydroxylation sites is 1. The zero-order valence-electron chi connectivity index (χ0n) is 14.3. The number of nitrogens with one attached hydrogen (secondary N) is 1. The zero-order valence-corrected chi connectivity index (χ0v) is 14.3. The molecular weight excluding hydrogens is 286 g/mol. The quantitative estimate of drug-likeness (QED) is 0.842. The highest BCUT2D eigenvalue weighted by molar-refractivity contribution is 5.95. The lowest BCUT2D eigenvalue weighted by molar-refractivity contribution is -0.122. The zero-order chi connectivity index (χ0) is 16.8. The van der Waals surface area contributed by atoms with Gasteiger partial charge in [-0.1, -0.05) is 38.1 Å². The molecule has 2 aromatic rings. The van der Waals surface area contributed by atoms with Gasteiger partial charge in [0.15, 0.2) is 6.10 Å². The molecule has 0 saturated carbocycles. The van der Waals surface area contributed by atoms with Gasteiger partial charge in [0.1, 0.15) is 5.75 Å². The number of carbonyl (C=O) groups excluding carboxylic acids is 1. The first-order valence-corrected chi connectivity index (χ1v) is 8.17.